The Labute approximate surface area is 171 Å². The van der Waals surface area contributed by atoms with Gasteiger partial charge in [0.1, 0.15) is 0 Å². The predicted octanol–water partition coefficient (Wildman–Crippen LogP) is 2.62. The van der Waals surface area contributed by atoms with Crippen LogP contribution in [0.2, 0.25) is 0 Å². The number of amides is 1. The van der Waals surface area contributed by atoms with Crippen molar-refractivity contribution in [1.82, 2.24) is 20.9 Å². The average molecular weight is 479 g/mol. The van der Waals surface area contributed by atoms with Crippen LogP contribution in [0.15, 0.2) is 11.2 Å². The molecule has 1 aromatic heterocycles. The Morgan fingerprint density at radius 3 is 2.76 bits per heavy atom. The molecule has 1 aliphatic rings. The standard InChI is InChI=1S/C17H29N5OS.HI/c1-3-18-17(20-11-9-16-21-12-13(2)24-16)19-10-8-15(23)22-14-6-4-5-7-14;/h12,14H,3-11H2,1-2H3,(H,22,23)(H2,18,19,20);1H. The summed E-state index contributed by atoms with van der Waals surface area (Å²) in [5.41, 5.74) is 0. The Bertz CT molecular complexity index is 543. The summed E-state index contributed by atoms with van der Waals surface area (Å²) in [6.07, 6.45) is 7.94. The minimum atomic E-state index is 0. The summed E-state index contributed by atoms with van der Waals surface area (Å²) in [5.74, 6) is 0.892. The molecular weight excluding hydrogens is 449 g/mol. The van der Waals surface area contributed by atoms with Gasteiger partial charge in [-0.25, -0.2) is 4.98 Å². The summed E-state index contributed by atoms with van der Waals surface area (Å²) in [7, 11) is 0. The van der Waals surface area contributed by atoms with Crippen molar-refractivity contribution in [3.05, 3.63) is 16.1 Å². The molecule has 6 nitrogen and oxygen atoms in total. The van der Waals surface area contributed by atoms with E-state index in [2.05, 4.69) is 32.9 Å². The number of hydrogen-bond donors (Lipinski definition) is 3. The van der Waals surface area contributed by atoms with Gasteiger partial charge in [-0.1, -0.05) is 12.8 Å². The van der Waals surface area contributed by atoms with Crippen molar-refractivity contribution in [3.63, 3.8) is 0 Å². The molecule has 1 saturated carbocycles. The van der Waals surface area contributed by atoms with Crippen LogP contribution >= 0.6 is 35.3 Å². The van der Waals surface area contributed by atoms with E-state index in [1.54, 1.807) is 11.3 Å². The minimum Gasteiger partial charge on any atom is -0.357 e. The molecule has 8 heteroatoms. The number of halogens is 1. The zero-order valence-corrected chi connectivity index (χ0v) is 18.3. The molecule has 25 heavy (non-hydrogen) atoms. The third-order valence-corrected chi connectivity index (χ3v) is 4.95. The summed E-state index contributed by atoms with van der Waals surface area (Å²) >= 11 is 1.72. The molecular formula is C17H30IN5OS. The molecule has 0 saturated heterocycles. The largest absolute Gasteiger partial charge is 0.357 e. The first-order chi connectivity index (χ1) is 11.7. The number of aryl methyl sites for hydroxylation is 1. The van der Waals surface area contributed by atoms with Crippen molar-refractivity contribution >= 4 is 47.2 Å². The molecule has 0 atom stereocenters. The first-order valence-corrected chi connectivity index (χ1v) is 9.72. The predicted molar refractivity (Wildman–Crippen MR) is 115 cm³/mol. The normalized spacial score (nSPS) is 14.9. The van der Waals surface area contributed by atoms with Crippen molar-refractivity contribution in [1.29, 1.82) is 0 Å². The second kappa shape index (κ2) is 12.5. The highest BCUT2D eigenvalue weighted by molar-refractivity contribution is 14.0. The van der Waals surface area contributed by atoms with Gasteiger partial charge in [0.25, 0.3) is 0 Å². The van der Waals surface area contributed by atoms with E-state index in [4.69, 9.17) is 0 Å². The van der Waals surface area contributed by atoms with Gasteiger partial charge >= 0.3 is 0 Å². The second-order valence-corrected chi connectivity index (χ2v) is 7.42. The summed E-state index contributed by atoms with van der Waals surface area (Å²) in [5, 5.41) is 10.7. The Morgan fingerprint density at radius 1 is 1.36 bits per heavy atom. The van der Waals surface area contributed by atoms with E-state index in [1.165, 1.54) is 17.7 Å². The fraction of sp³-hybridized carbons (Fsp3) is 0.706. The fourth-order valence-electron chi connectivity index (χ4n) is 2.79. The number of carbonyl (C=O) groups is 1. The van der Waals surface area contributed by atoms with Gasteiger partial charge in [-0.3, -0.25) is 9.79 Å². The maximum atomic E-state index is 11.9. The lowest BCUT2D eigenvalue weighted by atomic mass is 10.2. The number of guanidine groups is 1. The molecule has 1 aromatic rings. The van der Waals surface area contributed by atoms with Gasteiger partial charge in [0.15, 0.2) is 5.96 Å². The van der Waals surface area contributed by atoms with Crippen LogP contribution in [0.1, 0.15) is 48.9 Å². The van der Waals surface area contributed by atoms with Crippen LogP contribution < -0.4 is 16.0 Å². The van der Waals surface area contributed by atoms with Gasteiger partial charge in [-0.05, 0) is 26.7 Å². The molecule has 1 amide bonds. The molecule has 1 aliphatic carbocycles. The number of aromatic nitrogens is 1. The van der Waals surface area contributed by atoms with E-state index in [0.717, 1.165) is 36.8 Å². The second-order valence-electron chi connectivity index (χ2n) is 6.10. The lowest BCUT2D eigenvalue weighted by molar-refractivity contribution is -0.121. The lowest BCUT2D eigenvalue weighted by Gasteiger charge is -2.13. The summed E-state index contributed by atoms with van der Waals surface area (Å²) < 4.78 is 0. The van der Waals surface area contributed by atoms with Crippen LogP contribution in [-0.2, 0) is 11.2 Å². The molecule has 0 aliphatic heterocycles. The minimum absolute atomic E-state index is 0. The van der Waals surface area contributed by atoms with Gasteiger partial charge in [-0.15, -0.1) is 35.3 Å². The van der Waals surface area contributed by atoms with Gasteiger partial charge in [-0.2, -0.15) is 0 Å². The molecule has 0 bridgehead atoms. The third-order valence-electron chi connectivity index (χ3n) is 3.97. The van der Waals surface area contributed by atoms with E-state index in [9.17, 15) is 4.79 Å². The van der Waals surface area contributed by atoms with E-state index < -0.39 is 0 Å². The Kier molecular flexibility index (Phi) is 11.0. The number of rotatable bonds is 8. The van der Waals surface area contributed by atoms with Crippen LogP contribution in [-0.4, -0.2) is 42.5 Å². The zero-order chi connectivity index (χ0) is 17.2. The van der Waals surface area contributed by atoms with Crippen molar-refractivity contribution in [2.24, 2.45) is 4.99 Å². The van der Waals surface area contributed by atoms with Crippen molar-refractivity contribution in [3.8, 4) is 0 Å². The first-order valence-electron chi connectivity index (χ1n) is 8.90. The fourth-order valence-corrected chi connectivity index (χ4v) is 3.56. The number of carbonyl (C=O) groups excluding carboxylic acids is 1. The van der Waals surface area contributed by atoms with Gasteiger partial charge in [0.05, 0.1) is 5.01 Å². The Balaban J connectivity index is 0.00000312. The first kappa shape index (κ1) is 22.1. The monoisotopic (exact) mass is 479 g/mol. The van der Waals surface area contributed by atoms with E-state index in [0.29, 0.717) is 25.6 Å². The molecule has 0 spiro atoms. The van der Waals surface area contributed by atoms with Crippen LogP contribution in [0, 0.1) is 6.92 Å². The quantitative estimate of drug-likeness (QED) is 0.304. The third kappa shape index (κ3) is 8.84. The number of hydrogen-bond acceptors (Lipinski definition) is 4. The van der Waals surface area contributed by atoms with Gasteiger partial charge in [0, 0.05) is 49.6 Å². The average Bonchev–Trinajstić information content (AvgIpc) is 3.19. The lowest BCUT2D eigenvalue weighted by Crippen LogP contribution is -2.40. The zero-order valence-electron chi connectivity index (χ0n) is 15.1. The molecule has 142 valence electrons. The molecule has 0 aromatic carbocycles. The highest BCUT2D eigenvalue weighted by atomic mass is 127. The Hall–Kier alpha value is -0.900. The number of nitrogens with one attached hydrogen (secondary N) is 3. The van der Waals surface area contributed by atoms with E-state index in [1.807, 2.05) is 13.1 Å². The van der Waals surface area contributed by atoms with Crippen LogP contribution in [0.4, 0.5) is 0 Å². The Morgan fingerprint density at radius 2 is 2.12 bits per heavy atom. The number of aliphatic imine (C=N–C) groups is 1. The SMILES string of the molecule is CCNC(=NCCc1ncc(C)s1)NCCC(=O)NC1CCCC1.I. The molecule has 3 N–H and O–H groups in total. The number of thiazole rings is 1. The van der Waals surface area contributed by atoms with Crippen molar-refractivity contribution < 1.29 is 4.79 Å². The molecule has 1 fully saturated rings. The molecule has 0 unspecified atom stereocenters. The van der Waals surface area contributed by atoms with Crippen molar-refractivity contribution in [2.45, 2.75) is 58.4 Å². The van der Waals surface area contributed by atoms with Crippen LogP contribution in [0.25, 0.3) is 0 Å². The van der Waals surface area contributed by atoms with Crippen LogP contribution in [0.5, 0.6) is 0 Å². The van der Waals surface area contributed by atoms with Crippen LogP contribution in [0.3, 0.4) is 0 Å². The van der Waals surface area contributed by atoms with E-state index in [-0.39, 0.29) is 29.9 Å². The van der Waals surface area contributed by atoms with E-state index >= 15 is 0 Å². The number of nitrogens with zero attached hydrogens (tertiary/aromatic N) is 2. The van der Waals surface area contributed by atoms with Gasteiger partial charge in [0.2, 0.25) is 5.91 Å². The van der Waals surface area contributed by atoms with Crippen molar-refractivity contribution in [2.75, 3.05) is 19.6 Å². The molecule has 1 heterocycles. The van der Waals surface area contributed by atoms with Gasteiger partial charge < -0.3 is 16.0 Å². The summed E-state index contributed by atoms with van der Waals surface area (Å²) in [6, 6.07) is 0.390. The maximum Gasteiger partial charge on any atom is 0.221 e. The highest BCUT2D eigenvalue weighted by Crippen LogP contribution is 2.17. The smallest absolute Gasteiger partial charge is 0.221 e. The highest BCUT2D eigenvalue weighted by Gasteiger charge is 2.16. The topological polar surface area (TPSA) is 78.4 Å². The molecule has 0 radical (unpaired) electrons. The summed E-state index contributed by atoms with van der Waals surface area (Å²) in [6.45, 7) is 6.19. The molecule has 2 rings (SSSR count). The maximum absolute atomic E-state index is 11.9. The summed E-state index contributed by atoms with van der Waals surface area (Å²) in [4.78, 5) is 22.0.